The molecule has 110 valence electrons. The Bertz CT molecular complexity index is 582. The third-order valence-corrected chi connectivity index (χ3v) is 3.87. The van der Waals surface area contributed by atoms with E-state index in [0.29, 0.717) is 10.2 Å². The summed E-state index contributed by atoms with van der Waals surface area (Å²) < 4.78 is 31.8. The van der Waals surface area contributed by atoms with Crippen LogP contribution in [0.4, 0.5) is 0 Å². The number of rotatable bonds is 8. The fourth-order valence-corrected chi connectivity index (χ4v) is 2.58. The van der Waals surface area contributed by atoms with Crippen LogP contribution in [-0.2, 0) is 14.8 Å². The van der Waals surface area contributed by atoms with E-state index in [-0.39, 0.29) is 24.5 Å². The number of hydrogen-bond acceptors (Lipinski definition) is 4. The van der Waals surface area contributed by atoms with Crippen molar-refractivity contribution in [3.05, 3.63) is 35.3 Å². The van der Waals surface area contributed by atoms with Crippen molar-refractivity contribution in [3.8, 4) is 5.75 Å². The first-order chi connectivity index (χ1) is 9.31. The van der Waals surface area contributed by atoms with Crippen LogP contribution >= 0.6 is 15.9 Å². The van der Waals surface area contributed by atoms with Gasteiger partial charge in [0, 0.05) is 11.0 Å². The smallest absolute Gasteiger partial charge is 0.306 e. The molecule has 1 aromatic carbocycles. The Morgan fingerprint density at radius 1 is 1.35 bits per heavy atom. The first-order valence-electron chi connectivity index (χ1n) is 5.59. The summed E-state index contributed by atoms with van der Waals surface area (Å²) in [5.41, 5.74) is 0. The Morgan fingerprint density at radius 3 is 2.45 bits per heavy atom. The topological polar surface area (TPSA) is 92.7 Å². The Kier molecular flexibility index (Phi) is 6.18. The maximum atomic E-state index is 11.9. The van der Waals surface area contributed by atoms with E-state index in [4.69, 9.17) is 9.84 Å². The summed E-state index contributed by atoms with van der Waals surface area (Å²) in [6.45, 7) is 3.66. The lowest BCUT2D eigenvalue weighted by atomic mass is 10.3. The summed E-state index contributed by atoms with van der Waals surface area (Å²) in [7, 11) is -3.60. The van der Waals surface area contributed by atoms with E-state index < -0.39 is 16.0 Å². The molecule has 0 heterocycles. The van der Waals surface area contributed by atoms with Crippen molar-refractivity contribution in [1.29, 1.82) is 0 Å². The Hall–Kier alpha value is -1.38. The third kappa shape index (κ3) is 5.72. The molecule has 20 heavy (non-hydrogen) atoms. The largest absolute Gasteiger partial charge is 0.493 e. The van der Waals surface area contributed by atoms with Crippen LogP contribution in [0.5, 0.6) is 5.75 Å². The minimum atomic E-state index is -3.60. The lowest BCUT2D eigenvalue weighted by Crippen LogP contribution is -2.24. The molecule has 8 heteroatoms. The van der Waals surface area contributed by atoms with Crippen LogP contribution in [0.25, 0.3) is 0 Å². The first kappa shape index (κ1) is 16.7. The molecule has 0 saturated carbocycles. The molecule has 2 N–H and O–H groups in total. The van der Waals surface area contributed by atoms with E-state index >= 15 is 0 Å². The number of aliphatic carboxylic acids is 1. The predicted molar refractivity (Wildman–Crippen MR) is 77.4 cm³/mol. The van der Waals surface area contributed by atoms with E-state index in [0.717, 1.165) is 0 Å². The van der Waals surface area contributed by atoms with E-state index in [1.54, 1.807) is 0 Å². The molecule has 0 aliphatic heterocycles. The molecular formula is C12H14BrNO5S. The maximum Gasteiger partial charge on any atom is 0.306 e. The highest BCUT2D eigenvalue weighted by molar-refractivity contribution is 9.11. The maximum absolute atomic E-state index is 11.9. The van der Waals surface area contributed by atoms with Crippen LogP contribution in [0.3, 0.4) is 0 Å². The molecule has 1 rings (SSSR count). The number of benzene rings is 1. The number of nitrogens with one attached hydrogen (secondary N) is 1. The van der Waals surface area contributed by atoms with Crippen molar-refractivity contribution in [1.82, 2.24) is 4.72 Å². The molecule has 0 aliphatic rings. The summed E-state index contributed by atoms with van der Waals surface area (Å²) in [5, 5.41) is 8.47. The molecule has 0 bridgehead atoms. The summed E-state index contributed by atoms with van der Waals surface area (Å²) in [4.78, 5) is 10.4. The molecule has 0 fully saturated rings. The molecule has 0 unspecified atom stereocenters. The van der Waals surface area contributed by atoms with Crippen molar-refractivity contribution >= 4 is 31.9 Å². The van der Waals surface area contributed by atoms with Crippen molar-refractivity contribution in [3.63, 3.8) is 0 Å². The Balaban J connectivity index is 2.65. The number of hydrogen-bond donors (Lipinski definition) is 2. The fourth-order valence-electron chi connectivity index (χ4n) is 1.23. The van der Waals surface area contributed by atoms with Gasteiger partial charge in [0.2, 0.25) is 10.0 Å². The van der Waals surface area contributed by atoms with Gasteiger partial charge in [-0.25, -0.2) is 13.1 Å². The van der Waals surface area contributed by atoms with Crippen LogP contribution < -0.4 is 9.46 Å². The van der Waals surface area contributed by atoms with E-state index in [9.17, 15) is 13.2 Å². The summed E-state index contributed by atoms with van der Waals surface area (Å²) in [6.07, 6.45) is -0.116. The van der Waals surface area contributed by atoms with Gasteiger partial charge in [-0.3, -0.25) is 4.79 Å². The Labute approximate surface area is 125 Å². The molecule has 0 atom stereocenters. The zero-order valence-electron chi connectivity index (χ0n) is 10.5. The number of carboxylic acid groups (broad SMARTS) is 1. The van der Waals surface area contributed by atoms with Crippen molar-refractivity contribution in [2.75, 3.05) is 13.2 Å². The molecule has 0 radical (unpaired) electrons. The molecule has 0 amide bonds. The molecule has 0 aromatic heterocycles. The van der Waals surface area contributed by atoms with Gasteiger partial charge >= 0.3 is 5.97 Å². The summed E-state index contributed by atoms with van der Waals surface area (Å²) >= 11 is 3.06. The monoisotopic (exact) mass is 363 g/mol. The highest BCUT2D eigenvalue weighted by atomic mass is 79.9. The lowest BCUT2D eigenvalue weighted by Gasteiger charge is -2.08. The molecular weight excluding hydrogens is 350 g/mol. The standard InChI is InChI=1S/C12H14BrNO5S/c1-9(13)8-14-20(17,18)11-4-2-10(3-5-11)19-7-6-12(15)16/h2-5,14H,1,6-8H2,(H,15,16). The molecule has 6 nitrogen and oxygen atoms in total. The van der Waals surface area contributed by atoms with Crippen molar-refractivity contribution < 1.29 is 23.1 Å². The average molecular weight is 364 g/mol. The van der Waals surface area contributed by atoms with Crippen molar-refractivity contribution in [2.45, 2.75) is 11.3 Å². The van der Waals surface area contributed by atoms with Gasteiger partial charge in [-0.05, 0) is 24.3 Å². The van der Waals surface area contributed by atoms with Crippen LogP contribution in [0.2, 0.25) is 0 Å². The summed E-state index contributed by atoms with van der Waals surface area (Å²) in [5.74, 6) is -0.543. The number of carboxylic acids is 1. The second-order valence-electron chi connectivity index (χ2n) is 3.81. The SMILES string of the molecule is C=C(Br)CNS(=O)(=O)c1ccc(OCCC(=O)O)cc1. The van der Waals surface area contributed by atoms with Crippen LogP contribution in [0.15, 0.2) is 40.2 Å². The van der Waals surface area contributed by atoms with Gasteiger partial charge in [0.15, 0.2) is 0 Å². The highest BCUT2D eigenvalue weighted by Crippen LogP contribution is 2.16. The number of ether oxygens (including phenoxy) is 1. The first-order valence-corrected chi connectivity index (χ1v) is 7.86. The van der Waals surface area contributed by atoms with Crippen LogP contribution in [0, 0.1) is 0 Å². The zero-order valence-corrected chi connectivity index (χ0v) is 12.9. The Morgan fingerprint density at radius 2 is 1.95 bits per heavy atom. The minimum Gasteiger partial charge on any atom is -0.493 e. The molecule has 1 aromatic rings. The summed E-state index contributed by atoms with van der Waals surface area (Å²) in [6, 6.07) is 5.71. The van der Waals surface area contributed by atoms with Gasteiger partial charge in [-0.2, -0.15) is 0 Å². The molecule has 0 saturated heterocycles. The minimum absolute atomic E-state index is 0.0308. The third-order valence-electron chi connectivity index (χ3n) is 2.17. The predicted octanol–water partition coefficient (Wildman–Crippen LogP) is 1.73. The second kappa shape index (κ2) is 7.41. The van der Waals surface area contributed by atoms with Gasteiger partial charge in [0.1, 0.15) is 5.75 Å². The van der Waals surface area contributed by atoms with Crippen LogP contribution in [0.1, 0.15) is 6.42 Å². The van der Waals surface area contributed by atoms with E-state index in [1.165, 1.54) is 24.3 Å². The van der Waals surface area contributed by atoms with Crippen molar-refractivity contribution in [2.24, 2.45) is 0 Å². The van der Waals surface area contributed by atoms with Gasteiger partial charge in [0.25, 0.3) is 0 Å². The molecule has 0 spiro atoms. The van der Waals surface area contributed by atoms with Gasteiger partial charge in [0.05, 0.1) is 17.9 Å². The molecule has 0 aliphatic carbocycles. The fraction of sp³-hybridized carbons (Fsp3) is 0.250. The van der Waals surface area contributed by atoms with Gasteiger partial charge in [-0.15, -0.1) is 0 Å². The highest BCUT2D eigenvalue weighted by Gasteiger charge is 2.13. The lowest BCUT2D eigenvalue weighted by molar-refractivity contribution is -0.137. The van der Waals surface area contributed by atoms with E-state index in [1.807, 2.05) is 0 Å². The van der Waals surface area contributed by atoms with E-state index in [2.05, 4.69) is 27.2 Å². The number of carbonyl (C=O) groups is 1. The van der Waals surface area contributed by atoms with Gasteiger partial charge < -0.3 is 9.84 Å². The number of halogens is 1. The van der Waals surface area contributed by atoms with Crippen LogP contribution in [-0.4, -0.2) is 32.6 Å². The number of sulfonamides is 1. The second-order valence-corrected chi connectivity index (χ2v) is 6.69. The zero-order chi connectivity index (χ0) is 15.2. The average Bonchev–Trinajstić information content (AvgIpc) is 2.37. The van der Waals surface area contributed by atoms with Gasteiger partial charge in [-0.1, -0.05) is 22.5 Å². The quantitative estimate of drug-likeness (QED) is 0.733. The normalized spacial score (nSPS) is 11.1.